The molecule has 1 N–H and O–H groups in total. The summed E-state index contributed by atoms with van der Waals surface area (Å²) in [6, 6.07) is 9.09. The molecule has 2 fully saturated rings. The van der Waals surface area contributed by atoms with Gasteiger partial charge >= 0.3 is 18.8 Å². The van der Waals surface area contributed by atoms with Gasteiger partial charge in [0.1, 0.15) is 11.5 Å². The first kappa shape index (κ1) is 23.5. The maximum atomic E-state index is 12.8. The number of carbonyl (C=O) groups is 2. The molecule has 0 spiro atoms. The molecule has 2 atom stereocenters. The van der Waals surface area contributed by atoms with Crippen molar-refractivity contribution in [2.75, 3.05) is 29.9 Å². The first-order valence-electron chi connectivity index (χ1n) is 9.97. The monoisotopic (exact) mass is 489 g/mol. The topological polar surface area (TPSA) is 71.1 Å². The highest BCUT2D eigenvalue weighted by Crippen LogP contribution is 2.36. The summed E-state index contributed by atoms with van der Waals surface area (Å²) in [7, 11) is 0. The van der Waals surface area contributed by atoms with Crippen LogP contribution in [0, 0.1) is 11.8 Å². The minimum atomic E-state index is -4.82. The number of amides is 3. The molecular weight excluding hydrogens is 472 g/mol. The second-order valence-corrected chi connectivity index (χ2v) is 7.76. The van der Waals surface area contributed by atoms with E-state index in [2.05, 4.69) is 14.8 Å². The van der Waals surface area contributed by atoms with E-state index in [0.29, 0.717) is 5.69 Å². The molecule has 3 amide bonds. The van der Waals surface area contributed by atoms with Crippen LogP contribution in [0.15, 0.2) is 48.5 Å². The number of benzene rings is 2. The quantitative estimate of drug-likeness (QED) is 0.637. The van der Waals surface area contributed by atoms with Crippen LogP contribution in [0.5, 0.6) is 11.5 Å². The Morgan fingerprint density at radius 1 is 0.824 bits per heavy atom. The minimum absolute atomic E-state index is 0.135. The number of nitrogens with one attached hydrogen (secondary N) is 1. The summed E-state index contributed by atoms with van der Waals surface area (Å²) in [6.45, 7) is 0.690. The molecule has 0 radical (unpaired) electrons. The number of rotatable bonds is 4. The highest BCUT2D eigenvalue weighted by atomic mass is 19.4. The number of hydrogen-bond acceptors (Lipinski definition) is 4. The standard InChI is InChI=1S/C21H17F6N3O4/c22-20(23,24)33-15-5-1-13(2-6-15)28-19(32)29-9-12-10-30(18(31)17(12)11-29)14-3-7-16(8-4-14)34-21(25,26)27/h1-8,12,17H,9-11H2,(H,28,32)/t12-,17-/m1/s1. The number of urea groups is 1. The molecule has 0 saturated carbocycles. The number of alkyl halides is 6. The van der Waals surface area contributed by atoms with Gasteiger partial charge in [-0.25, -0.2) is 4.79 Å². The van der Waals surface area contributed by atoms with Gasteiger partial charge in [0.25, 0.3) is 0 Å². The van der Waals surface area contributed by atoms with Crippen molar-refractivity contribution in [3.8, 4) is 11.5 Å². The van der Waals surface area contributed by atoms with Crippen molar-refractivity contribution >= 4 is 23.3 Å². The van der Waals surface area contributed by atoms with Crippen LogP contribution in [0.2, 0.25) is 0 Å². The lowest BCUT2D eigenvalue weighted by atomic mass is 10.0. The average Bonchev–Trinajstić information content (AvgIpc) is 3.28. The third-order valence-electron chi connectivity index (χ3n) is 5.45. The molecule has 2 aromatic carbocycles. The molecule has 2 saturated heterocycles. The molecule has 4 rings (SSSR count). The van der Waals surface area contributed by atoms with Gasteiger partial charge in [-0.2, -0.15) is 0 Å². The molecule has 2 heterocycles. The third-order valence-corrected chi connectivity index (χ3v) is 5.45. The lowest BCUT2D eigenvalue weighted by molar-refractivity contribution is -0.275. The predicted molar refractivity (Wildman–Crippen MR) is 106 cm³/mol. The maximum Gasteiger partial charge on any atom is 0.573 e. The number of likely N-dealkylation sites (tertiary alicyclic amines) is 1. The van der Waals surface area contributed by atoms with E-state index < -0.39 is 36.2 Å². The highest BCUT2D eigenvalue weighted by Gasteiger charge is 2.48. The fraction of sp³-hybridized carbons (Fsp3) is 0.333. The Kier molecular flexibility index (Phi) is 5.96. The van der Waals surface area contributed by atoms with E-state index in [1.54, 1.807) is 0 Å². The summed E-state index contributed by atoms with van der Waals surface area (Å²) < 4.78 is 81.2. The Morgan fingerprint density at radius 3 is 1.85 bits per heavy atom. The molecule has 13 heteroatoms. The van der Waals surface area contributed by atoms with E-state index in [4.69, 9.17) is 0 Å². The largest absolute Gasteiger partial charge is 0.573 e. The Bertz CT molecular complexity index is 1060. The fourth-order valence-electron chi connectivity index (χ4n) is 4.03. The van der Waals surface area contributed by atoms with Gasteiger partial charge in [0.15, 0.2) is 0 Å². The van der Waals surface area contributed by atoms with Gasteiger partial charge in [-0.05, 0) is 48.5 Å². The van der Waals surface area contributed by atoms with Crippen molar-refractivity contribution in [2.45, 2.75) is 12.7 Å². The molecule has 0 unspecified atom stereocenters. The smallest absolute Gasteiger partial charge is 0.406 e. The van der Waals surface area contributed by atoms with E-state index >= 15 is 0 Å². The van der Waals surface area contributed by atoms with E-state index in [1.807, 2.05) is 0 Å². The minimum Gasteiger partial charge on any atom is -0.406 e. The molecule has 2 aliphatic rings. The maximum absolute atomic E-state index is 12.8. The van der Waals surface area contributed by atoms with Gasteiger partial charge in [0.2, 0.25) is 5.91 Å². The second-order valence-electron chi connectivity index (χ2n) is 7.76. The van der Waals surface area contributed by atoms with Crippen molar-refractivity contribution in [1.29, 1.82) is 0 Å². The van der Waals surface area contributed by atoms with Crippen molar-refractivity contribution in [3.63, 3.8) is 0 Å². The summed E-state index contributed by atoms with van der Waals surface area (Å²) in [6.07, 6.45) is -9.64. The Balaban J connectivity index is 1.33. The lowest BCUT2D eigenvalue weighted by Gasteiger charge is -2.22. The summed E-state index contributed by atoms with van der Waals surface area (Å²) in [5, 5.41) is 2.57. The molecule has 7 nitrogen and oxygen atoms in total. The number of halogens is 6. The van der Waals surface area contributed by atoms with Gasteiger partial charge in [-0.1, -0.05) is 0 Å². The molecule has 2 aliphatic heterocycles. The second kappa shape index (κ2) is 8.61. The summed E-state index contributed by atoms with van der Waals surface area (Å²) in [5.74, 6) is -1.72. The van der Waals surface area contributed by atoms with Crippen LogP contribution in [0.3, 0.4) is 0 Å². The van der Waals surface area contributed by atoms with Crippen LogP contribution < -0.4 is 19.7 Å². The highest BCUT2D eigenvalue weighted by molar-refractivity contribution is 5.99. The van der Waals surface area contributed by atoms with Crippen LogP contribution in [0.4, 0.5) is 42.5 Å². The zero-order valence-electron chi connectivity index (χ0n) is 17.2. The van der Waals surface area contributed by atoms with E-state index in [-0.39, 0.29) is 37.1 Å². The first-order valence-corrected chi connectivity index (χ1v) is 9.97. The van der Waals surface area contributed by atoms with Crippen LogP contribution in [0.1, 0.15) is 0 Å². The van der Waals surface area contributed by atoms with Gasteiger partial charge in [0.05, 0.1) is 5.92 Å². The van der Waals surface area contributed by atoms with E-state index in [9.17, 15) is 35.9 Å². The van der Waals surface area contributed by atoms with Crippen LogP contribution >= 0.6 is 0 Å². The SMILES string of the molecule is O=C(Nc1ccc(OC(F)(F)F)cc1)N1C[C@@H]2CN(c3ccc(OC(F)(F)F)cc3)C(=O)[C@@H]2C1. The fourth-order valence-corrected chi connectivity index (χ4v) is 4.03. The van der Waals surface area contributed by atoms with Gasteiger partial charge in [0, 0.05) is 36.9 Å². The van der Waals surface area contributed by atoms with Gasteiger partial charge in [-0.3, -0.25) is 4.79 Å². The zero-order chi connectivity index (χ0) is 24.7. The molecule has 182 valence electrons. The van der Waals surface area contributed by atoms with Crippen LogP contribution in [0.25, 0.3) is 0 Å². The molecule has 2 aromatic rings. The van der Waals surface area contributed by atoms with Crippen LogP contribution in [-0.2, 0) is 4.79 Å². The Morgan fingerprint density at radius 2 is 1.35 bits per heavy atom. The Labute approximate surface area is 188 Å². The third kappa shape index (κ3) is 5.46. The van der Waals surface area contributed by atoms with Gasteiger partial charge < -0.3 is 24.6 Å². The van der Waals surface area contributed by atoms with Crippen molar-refractivity contribution in [1.82, 2.24) is 4.90 Å². The normalized spacial score (nSPS) is 20.4. The number of ether oxygens (including phenoxy) is 2. The number of nitrogens with zero attached hydrogens (tertiary/aromatic N) is 2. The van der Waals surface area contributed by atoms with E-state index in [0.717, 1.165) is 24.3 Å². The summed E-state index contributed by atoms with van der Waals surface area (Å²) >= 11 is 0. The van der Waals surface area contributed by atoms with E-state index in [1.165, 1.54) is 34.1 Å². The Hall–Kier alpha value is -3.64. The summed E-state index contributed by atoms with van der Waals surface area (Å²) in [4.78, 5) is 28.3. The molecule has 0 aromatic heterocycles. The molecule has 34 heavy (non-hydrogen) atoms. The zero-order valence-corrected chi connectivity index (χ0v) is 17.2. The molecule has 0 bridgehead atoms. The average molecular weight is 489 g/mol. The number of hydrogen-bond donors (Lipinski definition) is 1. The predicted octanol–water partition coefficient (Wildman–Crippen LogP) is 4.61. The van der Waals surface area contributed by atoms with Gasteiger partial charge in [-0.15, -0.1) is 26.3 Å². The first-order chi connectivity index (χ1) is 15.9. The molecular formula is C21H17F6N3O4. The van der Waals surface area contributed by atoms with Crippen molar-refractivity contribution < 1.29 is 45.4 Å². The van der Waals surface area contributed by atoms with Crippen molar-refractivity contribution in [2.24, 2.45) is 11.8 Å². The number of anilines is 2. The lowest BCUT2D eigenvalue weighted by Crippen LogP contribution is -2.37. The van der Waals surface area contributed by atoms with Crippen LogP contribution in [-0.4, -0.2) is 49.2 Å². The number of carbonyl (C=O) groups excluding carboxylic acids is 2. The van der Waals surface area contributed by atoms with Crippen molar-refractivity contribution in [3.05, 3.63) is 48.5 Å². The summed E-state index contributed by atoms with van der Waals surface area (Å²) in [5.41, 5.74) is 0.678. The molecule has 0 aliphatic carbocycles. The number of fused-ring (bicyclic) bond motifs is 1.